The van der Waals surface area contributed by atoms with Crippen LogP contribution < -0.4 is 0 Å². The Morgan fingerprint density at radius 1 is 1.17 bits per heavy atom. The Morgan fingerprint density at radius 2 is 1.77 bits per heavy atom. The number of hydrogen-bond donors (Lipinski definition) is 2. The third-order valence-electron chi connectivity index (χ3n) is 7.16. The number of aliphatic carboxylic acids is 1. The van der Waals surface area contributed by atoms with E-state index < -0.39 is 22.2 Å². The zero-order valence-electron chi connectivity index (χ0n) is 19.7. The molecular formula is C23H33F3N2O6S. The summed E-state index contributed by atoms with van der Waals surface area (Å²) < 4.78 is 65.2. The van der Waals surface area contributed by atoms with Gasteiger partial charge in [0.05, 0.1) is 23.7 Å². The summed E-state index contributed by atoms with van der Waals surface area (Å²) in [5, 5.41) is 17.2. The van der Waals surface area contributed by atoms with Gasteiger partial charge in [0.15, 0.2) is 0 Å². The maximum absolute atomic E-state index is 12.8. The van der Waals surface area contributed by atoms with E-state index in [1.165, 1.54) is 0 Å². The Hall–Kier alpha value is -1.73. The normalized spacial score (nSPS) is 27.9. The first-order chi connectivity index (χ1) is 16.3. The maximum atomic E-state index is 12.8. The molecule has 0 bridgehead atoms. The summed E-state index contributed by atoms with van der Waals surface area (Å²) in [6.07, 6.45) is -1.39. The number of nitrogens with zero attached hydrogens (tertiary/aromatic N) is 2. The molecule has 1 aromatic rings. The molecule has 0 aliphatic carbocycles. The molecule has 1 spiro atoms. The first kappa shape index (κ1) is 27.9. The summed E-state index contributed by atoms with van der Waals surface area (Å²) in [6.45, 7) is 6.59. The number of rotatable bonds is 4. The van der Waals surface area contributed by atoms with Gasteiger partial charge in [-0.25, -0.2) is 13.2 Å². The zero-order valence-corrected chi connectivity index (χ0v) is 20.5. The quantitative estimate of drug-likeness (QED) is 0.626. The van der Waals surface area contributed by atoms with E-state index >= 15 is 0 Å². The van der Waals surface area contributed by atoms with Crippen molar-refractivity contribution in [3.05, 3.63) is 30.3 Å². The minimum absolute atomic E-state index is 0.106. The van der Waals surface area contributed by atoms with Crippen LogP contribution >= 0.6 is 0 Å². The van der Waals surface area contributed by atoms with Gasteiger partial charge in [-0.2, -0.15) is 17.5 Å². The molecule has 3 fully saturated rings. The number of likely N-dealkylation sites (tertiary alicyclic amines) is 1. The van der Waals surface area contributed by atoms with E-state index in [-0.39, 0.29) is 17.6 Å². The van der Waals surface area contributed by atoms with Crippen molar-refractivity contribution < 1.29 is 41.3 Å². The lowest BCUT2D eigenvalue weighted by molar-refractivity contribution is -0.192. The van der Waals surface area contributed by atoms with Gasteiger partial charge in [0.1, 0.15) is 0 Å². The number of β-amino-alcohol motifs (C(OH)–C–C–N with tert-alkyl or cyclic N) is 1. The van der Waals surface area contributed by atoms with Gasteiger partial charge in [-0.05, 0) is 55.7 Å². The van der Waals surface area contributed by atoms with Crippen molar-refractivity contribution in [1.82, 2.24) is 9.21 Å². The number of piperidine rings is 2. The Morgan fingerprint density at radius 3 is 2.31 bits per heavy atom. The molecule has 0 amide bonds. The van der Waals surface area contributed by atoms with Crippen LogP contribution in [0.25, 0.3) is 0 Å². The highest BCUT2D eigenvalue weighted by Crippen LogP contribution is 2.43. The fraction of sp³-hybridized carbons (Fsp3) is 0.696. The number of carbonyl (C=O) groups is 1. The fourth-order valence-electron chi connectivity index (χ4n) is 4.87. The lowest BCUT2D eigenvalue weighted by Gasteiger charge is -2.38. The van der Waals surface area contributed by atoms with Crippen molar-refractivity contribution in [1.29, 1.82) is 0 Å². The number of sulfonamides is 1. The standard InChI is InChI=1S/C21H32N2O4S.C2HF3O2/c1-17-7-10-22(15-20(17)24)14-18-13-21(16-27-18)8-11-23(12-9-21)28(25,26)19-5-3-2-4-6-19;3-2(4,5)1(6)7/h2-6,17-18,20,24H,7-16H2,1H3;(H,6,7)/t17-,18?,20-;/m1./s1. The number of carboxylic acid groups (broad SMARTS) is 1. The summed E-state index contributed by atoms with van der Waals surface area (Å²) in [6, 6.07) is 8.71. The Labute approximate surface area is 203 Å². The van der Waals surface area contributed by atoms with Crippen LogP contribution in [0.5, 0.6) is 0 Å². The van der Waals surface area contributed by atoms with Gasteiger partial charge in [-0.3, -0.25) is 4.90 Å². The molecule has 3 aliphatic heterocycles. The Balaban J connectivity index is 0.000000429. The van der Waals surface area contributed by atoms with E-state index in [1.807, 2.05) is 6.07 Å². The van der Waals surface area contributed by atoms with Crippen molar-refractivity contribution in [3.8, 4) is 0 Å². The number of halogens is 3. The SMILES string of the molecule is C[C@@H]1CCN(CC2CC3(CCN(S(=O)(=O)c4ccccc4)CC3)CO2)C[C@H]1O.O=C(O)C(F)(F)F. The third kappa shape index (κ3) is 7.16. The first-order valence-electron chi connectivity index (χ1n) is 11.7. The van der Waals surface area contributed by atoms with Crippen LogP contribution in [0, 0.1) is 11.3 Å². The summed E-state index contributed by atoms with van der Waals surface area (Å²) >= 11 is 0. The molecule has 0 radical (unpaired) electrons. The van der Waals surface area contributed by atoms with Crippen LogP contribution in [0.2, 0.25) is 0 Å². The van der Waals surface area contributed by atoms with Crippen molar-refractivity contribution in [2.24, 2.45) is 11.3 Å². The molecule has 198 valence electrons. The maximum Gasteiger partial charge on any atom is 0.490 e. The Kier molecular flexibility index (Phi) is 8.85. The van der Waals surface area contributed by atoms with Crippen LogP contribution in [0.15, 0.2) is 35.2 Å². The molecule has 4 rings (SSSR count). The van der Waals surface area contributed by atoms with Crippen molar-refractivity contribution >= 4 is 16.0 Å². The highest BCUT2D eigenvalue weighted by molar-refractivity contribution is 7.89. The summed E-state index contributed by atoms with van der Waals surface area (Å²) in [7, 11) is -3.40. The molecule has 2 N–H and O–H groups in total. The average Bonchev–Trinajstić information content (AvgIpc) is 3.18. The minimum atomic E-state index is -5.08. The molecule has 12 heteroatoms. The van der Waals surface area contributed by atoms with Gasteiger partial charge < -0.3 is 14.9 Å². The van der Waals surface area contributed by atoms with Gasteiger partial charge in [-0.1, -0.05) is 25.1 Å². The molecule has 3 saturated heterocycles. The van der Waals surface area contributed by atoms with E-state index in [2.05, 4.69) is 11.8 Å². The summed E-state index contributed by atoms with van der Waals surface area (Å²) in [4.78, 5) is 11.6. The molecule has 3 heterocycles. The van der Waals surface area contributed by atoms with Crippen molar-refractivity contribution in [2.45, 2.75) is 55.9 Å². The summed E-state index contributed by atoms with van der Waals surface area (Å²) in [5.41, 5.74) is 0.106. The van der Waals surface area contributed by atoms with Crippen LogP contribution in [-0.4, -0.2) is 91.5 Å². The van der Waals surface area contributed by atoms with E-state index in [1.54, 1.807) is 28.6 Å². The number of benzene rings is 1. The number of hydrogen-bond acceptors (Lipinski definition) is 6. The third-order valence-corrected chi connectivity index (χ3v) is 9.07. The number of aliphatic hydroxyl groups is 1. The number of aliphatic hydroxyl groups excluding tert-OH is 1. The van der Waals surface area contributed by atoms with E-state index in [4.69, 9.17) is 14.6 Å². The molecule has 0 aromatic heterocycles. The highest BCUT2D eigenvalue weighted by Gasteiger charge is 2.45. The van der Waals surface area contributed by atoms with Gasteiger partial charge >= 0.3 is 12.1 Å². The molecule has 1 aromatic carbocycles. The molecule has 3 aliphatic rings. The molecule has 3 atom stereocenters. The Bertz CT molecular complexity index is 952. The van der Waals surface area contributed by atoms with Gasteiger partial charge in [-0.15, -0.1) is 0 Å². The van der Waals surface area contributed by atoms with Crippen LogP contribution in [0.1, 0.15) is 32.6 Å². The second kappa shape index (κ2) is 11.1. The molecular weight excluding hydrogens is 489 g/mol. The predicted molar refractivity (Wildman–Crippen MR) is 121 cm³/mol. The number of carboxylic acids is 1. The average molecular weight is 523 g/mol. The molecule has 35 heavy (non-hydrogen) atoms. The van der Waals surface area contributed by atoms with Gasteiger partial charge in [0.25, 0.3) is 0 Å². The molecule has 1 unspecified atom stereocenters. The largest absolute Gasteiger partial charge is 0.490 e. The topological polar surface area (TPSA) is 107 Å². The summed E-state index contributed by atoms with van der Waals surface area (Å²) in [5.74, 6) is -2.38. The van der Waals surface area contributed by atoms with Crippen LogP contribution in [0.4, 0.5) is 13.2 Å². The predicted octanol–water partition coefficient (Wildman–Crippen LogP) is 2.58. The molecule has 8 nitrogen and oxygen atoms in total. The number of alkyl halides is 3. The molecule has 0 saturated carbocycles. The van der Waals surface area contributed by atoms with E-state index in [0.717, 1.165) is 51.9 Å². The monoisotopic (exact) mass is 522 g/mol. The lowest BCUT2D eigenvalue weighted by Crippen LogP contribution is -2.46. The van der Waals surface area contributed by atoms with E-state index in [9.17, 15) is 26.7 Å². The van der Waals surface area contributed by atoms with Gasteiger partial charge in [0.2, 0.25) is 10.0 Å². The second-order valence-electron chi connectivity index (χ2n) is 9.75. The van der Waals surface area contributed by atoms with Crippen molar-refractivity contribution in [2.75, 3.05) is 39.3 Å². The number of ether oxygens (including phenoxy) is 1. The zero-order chi connectivity index (χ0) is 25.9. The van der Waals surface area contributed by atoms with Crippen LogP contribution in [-0.2, 0) is 19.6 Å². The second-order valence-corrected chi connectivity index (χ2v) is 11.7. The fourth-order valence-corrected chi connectivity index (χ4v) is 6.33. The first-order valence-corrected chi connectivity index (χ1v) is 13.1. The van der Waals surface area contributed by atoms with Gasteiger partial charge in [0, 0.05) is 26.2 Å². The minimum Gasteiger partial charge on any atom is -0.475 e. The van der Waals surface area contributed by atoms with E-state index in [0.29, 0.717) is 23.9 Å². The smallest absolute Gasteiger partial charge is 0.475 e. The lowest BCUT2D eigenvalue weighted by atomic mass is 9.77. The van der Waals surface area contributed by atoms with Crippen LogP contribution in [0.3, 0.4) is 0 Å². The highest BCUT2D eigenvalue weighted by atomic mass is 32.2. The van der Waals surface area contributed by atoms with Crippen molar-refractivity contribution in [3.63, 3.8) is 0 Å².